The Morgan fingerprint density at radius 2 is 1.79 bits per heavy atom. The van der Waals surface area contributed by atoms with E-state index < -0.39 is 0 Å². The SMILES string of the molecule is Cc1cc(Br)c(NC2CC(C)N(C)CC2C)c(Br)c1. The molecule has 19 heavy (non-hydrogen) atoms. The Balaban J connectivity index is 2.17. The molecule has 1 aromatic rings. The van der Waals surface area contributed by atoms with Gasteiger partial charge in [-0.1, -0.05) is 6.92 Å². The summed E-state index contributed by atoms with van der Waals surface area (Å²) in [6, 6.07) is 5.49. The lowest BCUT2D eigenvalue weighted by Gasteiger charge is -2.40. The van der Waals surface area contributed by atoms with E-state index in [0.717, 1.165) is 15.5 Å². The Morgan fingerprint density at radius 1 is 1.21 bits per heavy atom. The van der Waals surface area contributed by atoms with E-state index in [2.05, 4.69) is 82.0 Å². The van der Waals surface area contributed by atoms with Gasteiger partial charge in [0, 0.05) is 27.6 Å². The lowest BCUT2D eigenvalue weighted by Crippen LogP contribution is -2.48. The molecule has 4 heteroatoms. The molecule has 1 aliphatic rings. The van der Waals surface area contributed by atoms with Crippen LogP contribution in [0.1, 0.15) is 25.8 Å². The van der Waals surface area contributed by atoms with E-state index in [1.807, 2.05) is 0 Å². The lowest BCUT2D eigenvalue weighted by molar-refractivity contribution is 0.145. The van der Waals surface area contributed by atoms with Gasteiger partial charge in [0.1, 0.15) is 0 Å². The highest BCUT2D eigenvalue weighted by Crippen LogP contribution is 2.35. The molecular formula is C15H22Br2N2. The number of hydrogen-bond acceptors (Lipinski definition) is 2. The summed E-state index contributed by atoms with van der Waals surface area (Å²) in [4.78, 5) is 2.45. The highest BCUT2D eigenvalue weighted by Gasteiger charge is 2.29. The van der Waals surface area contributed by atoms with Crippen molar-refractivity contribution in [2.24, 2.45) is 5.92 Å². The molecule has 2 nitrogen and oxygen atoms in total. The Morgan fingerprint density at radius 3 is 2.37 bits per heavy atom. The molecule has 2 rings (SSSR count). The number of aryl methyl sites for hydroxylation is 1. The Kier molecular flexibility index (Phi) is 4.96. The normalized spacial score (nSPS) is 28.4. The van der Waals surface area contributed by atoms with Crippen LogP contribution < -0.4 is 5.32 Å². The summed E-state index contributed by atoms with van der Waals surface area (Å²) >= 11 is 7.34. The van der Waals surface area contributed by atoms with Crippen LogP contribution in [0.25, 0.3) is 0 Å². The molecule has 106 valence electrons. The van der Waals surface area contributed by atoms with E-state index in [1.54, 1.807) is 0 Å². The third kappa shape index (κ3) is 3.53. The van der Waals surface area contributed by atoms with Crippen LogP contribution in [0, 0.1) is 12.8 Å². The molecule has 3 atom stereocenters. The number of nitrogens with one attached hydrogen (secondary N) is 1. The molecule has 1 aromatic carbocycles. The van der Waals surface area contributed by atoms with Crippen molar-refractivity contribution in [2.75, 3.05) is 18.9 Å². The molecule has 1 heterocycles. The van der Waals surface area contributed by atoms with Gasteiger partial charge >= 0.3 is 0 Å². The van der Waals surface area contributed by atoms with Crippen LogP contribution in [0.5, 0.6) is 0 Å². The summed E-state index contributed by atoms with van der Waals surface area (Å²) in [6.45, 7) is 7.90. The molecule has 0 aromatic heterocycles. The Bertz CT molecular complexity index is 438. The van der Waals surface area contributed by atoms with Gasteiger partial charge in [0.05, 0.1) is 5.69 Å². The molecule has 1 aliphatic heterocycles. The Labute approximate surface area is 133 Å². The van der Waals surface area contributed by atoms with Gasteiger partial charge in [-0.25, -0.2) is 0 Å². The van der Waals surface area contributed by atoms with Crippen molar-refractivity contribution in [3.8, 4) is 0 Å². The van der Waals surface area contributed by atoms with Crippen LogP contribution in [0.3, 0.4) is 0 Å². The third-order valence-corrected chi connectivity index (χ3v) is 5.38. The molecule has 1 N–H and O–H groups in total. The van der Waals surface area contributed by atoms with Crippen LogP contribution in [0.2, 0.25) is 0 Å². The summed E-state index contributed by atoms with van der Waals surface area (Å²) in [5.74, 6) is 0.654. The molecule has 0 saturated carbocycles. The zero-order chi connectivity index (χ0) is 14.2. The van der Waals surface area contributed by atoms with Crippen LogP contribution in [-0.4, -0.2) is 30.6 Å². The van der Waals surface area contributed by atoms with Crippen molar-refractivity contribution in [1.82, 2.24) is 4.90 Å². The quantitative estimate of drug-likeness (QED) is 0.791. The average Bonchev–Trinajstić information content (AvgIpc) is 2.29. The molecule has 0 radical (unpaired) electrons. The zero-order valence-corrected chi connectivity index (χ0v) is 15.2. The molecule has 0 spiro atoms. The fraction of sp³-hybridized carbons (Fsp3) is 0.600. The first-order valence-corrected chi connectivity index (χ1v) is 8.39. The first kappa shape index (κ1) is 15.3. The fourth-order valence-electron chi connectivity index (χ4n) is 2.77. The monoisotopic (exact) mass is 388 g/mol. The number of anilines is 1. The van der Waals surface area contributed by atoms with Gasteiger partial charge < -0.3 is 10.2 Å². The topological polar surface area (TPSA) is 15.3 Å². The number of nitrogens with zero attached hydrogens (tertiary/aromatic N) is 1. The molecule has 1 fully saturated rings. The van der Waals surface area contributed by atoms with Gasteiger partial charge in [0.15, 0.2) is 0 Å². The molecule has 0 aliphatic carbocycles. The minimum absolute atomic E-state index is 0.529. The summed E-state index contributed by atoms with van der Waals surface area (Å²) in [5.41, 5.74) is 2.44. The molecule has 1 saturated heterocycles. The van der Waals surface area contributed by atoms with Crippen LogP contribution >= 0.6 is 31.9 Å². The van der Waals surface area contributed by atoms with Crippen molar-refractivity contribution in [3.05, 3.63) is 26.6 Å². The lowest BCUT2D eigenvalue weighted by atomic mass is 9.89. The van der Waals surface area contributed by atoms with Gasteiger partial charge in [-0.3, -0.25) is 0 Å². The molecule has 0 amide bonds. The van der Waals surface area contributed by atoms with E-state index in [0.29, 0.717) is 18.0 Å². The first-order chi connectivity index (χ1) is 8.88. The minimum atomic E-state index is 0.529. The number of halogens is 2. The van der Waals surface area contributed by atoms with Gasteiger partial charge in [-0.05, 0) is 82.8 Å². The number of benzene rings is 1. The first-order valence-electron chi connectivity index (χ1n) is 6.81. The van der Waals surface area contributed by atoms with Crippen LogP contribution in [0.4, 0.5) is 5.69 Å². The average molecular weight is 390 g/mol. The highest BCUT2D eigenvalue weighted by atomic mass is 79.9. The van der Waals surface area contributed by atoms with Crippen molar-refractivity contribution in [3.63, 3.8) is 0 Å². The van der Waals surface area contributed by atoms with E-state index >= 15 is 0 Å². The van der Waals surface area contributed by atoms with Gasteiger partial charge in [0.2, 0.25) is 0 Å². The predicted octanol–water partition coefficient (Wildman–Crippen LogP) is 4.66. The third-order valence-electron chi connectivity index (χ3n) is 4.13. The van der Waals surface area contributed by atoms with Crippen molar-refractivity contribution < 1.29 is 0 Å². The van der Waals surface area contributed by atoms with Crippen LogP contribution in [0.15, 0.2) is 21.1 Å². The van der Waals surface area contributed by atoms with E-state index in [9.17, 15) is 0 Å². The summed E-state index contributed by atoms with van der Waals surface area (Å²) in [5, 5.41) is 3.72. The number of piperidine rings is 1. The highest BCUT2D eigenvalue weighted by molar-refractivity contribution is 9.11. The Hall–Kier alpha value is -0.0600. The maximum atomic E-state index is 3.72. The minimum Gasteiger partial charge on any atom is -0.380 e. The number of likely N-dealkylation sites (tertiary alicyclic amines) is 1. The predicted molar refractivity (Wildman–Crippen MR) is 89.9 cm³/mol. The van der Waals surface area contributed by atoms with E-state index in [-0.39, 0.29) is 0 Å². The van der Waals surface area contributed by atoms with Gasteiger partial charge in [0.25, 0.3) is 0 Å². The van der Waals surface area contributed by atoms with Crippen molar-refractivity contribution in [1.29, 1.82) is 0 Å². The second kappa shape index (κ2) is 6.15. The standard InChI is InChI=1S/C15H22Br2N2/c1-9-5-12(16)15(13(17)6-9)18-14-7-11(3)19(4)8-10(14)2/h5-6,10-11,14,18H,7-8H2,1-4H3. The smallest absolute Gasteiger partial charge is 0.0631 e. The number of hydrogen-bond donors (Lipinski definition) is 1. The van der Waals surface area contributed by atoms with Crippen molar-refractivity contribution >= 4 is 37.5 Å². The second-order valence-corrected chi connectivity index (χ2v) is 7.56. The zero-order valence-electron chi connectivity index (χ0n) is 12.0. The van der Waals surface area contributed by atoms with E-state index in [1.165, 1.54) is 17.7 Å². The summed E-state index contributed by atoms with van der Waals surface area (Å²) in [7, 11) is 2.22. The van der Waals surface area contributed by atoms with Gasteiger partial charge in [-0.15, -0.1) is 0 Å². The number of rotatable bonds is 2. The summed E-state index contributed by atoms with van der Waals surface area (Å²) in [6.07, 6.45) is 1.18. The maximum absolute atomic E-state index is 3.72. The largest absolute Gasteiger partial charge is 0.380 e. The maximum Gasteiger partial charge on any atom is 0.0631 e. The van der Waals surface area contributed by atoms with Crippen molar-refractivity contribution in [2.45, 2.75) is 39.3 Å². The summed E-state index contributed by atoms with van der Waals surface area (Å²) < 4.78 is 2.27. The molecule has 0 bridgehead atoms. The van der Waals surface area contributed by atoms with Gasteiger partial charge in [-0.2, -0.15) is 0 Å². The fourth-order valence-corrected chi connectivity index (χ4v) is 4.41. The molecule has 3 unspecified atom stereocenters. The van der Waals surface area contributed by atoms with Crippen LogP contribution in [-0.2, 0) is 0 Å². The second-order valence-electron chi connectivity index (χ2n) is 5.86. The van der Waals surface area contributed by atoms with E-state index in [4.69, 9.17) is 0 Å². The molecular weight excluding hydrogens is 368 g/mol.